The van der Waals surface area contributed by atoms with Gasteiger partial charge < -0.3 is 10.6 Å². The molecule has 0 bridgehead atoms. The number of fused-ring (bicyclic) bond motifs is 1. The first-order chi connectivity index (χ1) is 17.2. The van der Waals surface area contributed by atoms with E-state index >= 15 is 0 Å². The zero-order valence-corrected chi connectivity index (χ0v) is 19.1. The summed E-state index contributed by atoms with van der Waals surface area (Å²) in [5.41, 5.74) is 6.22. The monoisotopic (exact) mass is 460 g/mol. The van der Waals surface area contributed by atoms with Gasteiger partial charge in [0.05, 0.1) is 17.6 Å². The van der Waals surface area contributed by atoms with E-state index in [1.54, 1.807) is 6.20 Å². The van der Waals surface area contributed by atoms with Crippen molar-refractivity contribution in [1.29, 1.82) is 0 Å². The van der Waals surface area contributed by atoms with Gasteiger partial charge in [-0.3, -0.25) is 14.2 Å². The molecule has 3 aromatic heterocycles. The van der Waals surface area contributed by atoms with Gasteiger partial charge in [0.25, 0.3) is 5.91 Å². The first kappa shape index (κ1) is 21.0. The molecule has 3 heterocycles. The standard InChI is InChI=1S/C28H24N6O/c35-28(32-23-12-13-23)22-10-8-21(9-11-22)25-17-31-27-26(30-16-19-5-4-14-29-15-19)33-24(18-34(25)27)20-6-2-1-3-7-20/h1-11,14-15,17-18,23H,12-13,16H2,(H,30,33)(H,32,35). The number of rotatable bonds is 7. The molecular formula is C28H24N6O. The summed E-state index contributed by atoms with van der Waals surface area (Å²) in [6.45, 7) is 0.585. The molecule has 2 aromatic carbocycles. The average molecular weight is 461 g/mol. The molecule has 0 radical (unpaired) electrons. The lowest BCUT2D eigenvalue weighted by Crippen LogP contribution is -2.25. The van der Waals surface area contributed by atoms with Crippen LogP contribution in [-0.2, 0) is 6.54 Å². The van der Waals surface area contributed by atoms with Crippen LogP contribution < -0.4 is 10.6 Å². The van der Waals surface area contributed by atoms with Gasteiger partial charge in [-0.25, -0.2) is 9.97 Å². The highest BCUT2D eigenvalue weighted by atomic mass is 16.1. The Bertz CT molecular complexity index is 1480. The van der Waals surface area contributed by atoms with Gasteiger partial charge in [-0.05, 0) is 36.6 Å². The molecular weight excluding hydrogens is 436 g/mol. The normalized spacial score (nSPS) is 13.0. The van der Waals surface area contributed by atoms with Gasteiger partial charge in [0.2, 0.25) is 0 Å². The number of amides is 1. The van der Waals surface area contributed by atoms with E-state index in [4.69, 9.17) is 9.97 Å². The number of benzene rings is 2. The third-order valence-corrected chi connectivity index (χ3v) is 6.10. The number of aromatic nitrogens is 4. The fraction of sp³-hybridized carbons (Fsp3) is 0.143. The Hall–Kier alpha value is -4.52. The number of carbonyl (C=O) groups excluding carboxylic acids is 1. The average Bonchev–Trinajstić information content (AvgIpc) is 3.63. The summed E-state index contributed by atoms with van der Waals surface area (Å²) in [5, 5.41) is 6.48. The van der Waals surface area contributed by atoms with Crippen molar-refractivity contribution in [2.45, 2.75) is 25.4 Å². The van der Waals surface area contributed by atoms with E-state index in [-0.39, 0.29) is 5.91 Å². The minimum Gasteiger partial charge on any atom is -0.363 e. The van der Waals surface area contributed by atoms with Crippen LogP contribution in [0.4, 0.5) is 5.82 Å². The minimum absolute atomic E-state index is 0.0188. The van der Waals surface area contributed by atoms with Crippen LogP contribution in [0.5, 0.6) is 0 Å². The van der Waals surface area contributed by atoms with Crippen molar-refractivity contribution in [3.8, 4) is 22.5 Å². The maximum Gasteiger partial charge on any atom is 0.251 e. The number of anilines is 1. The van der Waals surface area contributed by atoms with Crippen molar-refractivity contribution >= 4 is 17.4 Å². The van der Waals surface area contributed by atoms with Crippen LogP contribution >= 0.6 is 0 Å². The maximum atomic E-state index is 12.4. The first-order valence-electron chi connectivity index (χ1n) is 11.7. The fourth-order valence-corrected chi connectivity index (χ4v) is 4.05. The predicted octanol–water partition coefficient (Wildman–Crippen LogP) is 4.96. The molecule has 5 aromatic rings. The van der Waals surface area contributed by atoms with Gasteiger partial charge in [-0.1, -0.05) is 48.5 Å². The summed E-state index contributed by atoms with van der Waals surface area (Å²) in [5.74, 6) is 0.677. The minimum atomic E-state index is -0.0188. The van der Waals surface area contributed by atoms with Crippen molar-refractivity contribution in [3.63, 3.8) is 0 Å². The van der Waals surface area contributed by atoms with Crippen molar-refractivity contribution in [3.05, 3.63) is 103 Å². The zero-order chi connectivity index (χ0) is 23.6. The SMILES string of the molecule is O=C(NC1CC1)c1ccc(-c2cnc3c(NCc4cccnc4)nc(-c4ccccc4)cn23)cc1. The van der Waals surface area contributed by atoms with Crippen LogP contribution in [0.15, 0.2) is 91.5 Å². The van der Waals surface area contributed by atoms with E-state index in [0.29, 0.717) is 24.0 Å². The van der Waals surface area contributed by atoms with Gasteiger partial charge in [0.15, 0.2) is 11.5 Å². The Morgan fingerprint density at radius 1 is 0.943 bits per heavy atom. The fourth-order valence-electron chi connectivity index (χ4n) is 4.05. The van der Waals surface area contributed by atoms with Gasteiger partial charge >= 0.3 is 0 Å². The molecule has 2 N–H and O–H groups in total. The Kier molecular flexibility index (Phi) is 5.42. The molecule has 6 rings (SSSR count). The number of imidazole rings is 1. The molecule has 0 saturated heterocycles. The lowest BCUT2D eigenvalue weighted by molar-refractivity contribution is 0.0951. The van der Waals surface area contributed by atoms with Gasteiger partial charge in [-0.15, -0.1) is 0 Å². The summed E-state index contributed by atoms with van der Waals surface area (Å²) in [6.07, 6.45) is 9.60. The van der Waals surface area contributed by atoms with E-state index in [9.17, 15) is 4.79 Å². The molecule has 0 spiro atoms. The van der Waals surface area contributed by atoms with Crippen LogP contribution in [0.1, 0.15) is 28.8 Å². The Morgan fingerprint density at radius 2 is 1.77 bits per heavy atom. The molecule has 1 aliphatic carbocycles. The molecule has 7 heteroatoms. The van der Waals surface area contributed by atoms with Crippen molar-refractivity contribution in [1.82, 2.24) is 24.7 Å². The van der Waals surface area contributed by atoms with Crippen LogP contribution in [-0.4, -0.2) is 31.3 Å². The number of hydrogen-bond acceptors (Lipinski definition) is 5. The molecule has 0 unspecified atom stereocenters. The van der Waals surface area contributed by atoms with E-state index in [2.05, 4.69) is 20.0 Å². The quantitative estimate of drug-likeness (QED) is 0.359. The lowest BCUT2D eigenvalue weighted by atomic mass is 10.1. The van der Waals surface area contributed by atoms with E-state index in [1.165, 1.54) is 0 Å². The van der Waals surface area contributed by atoms with E-state index < -0.39 is 0 Å². The number of nitrogens with zero attached hydrogens (tertiary/aromatic N) is 4. The molecule has 0 aliphatic heterocycles. The highest BCUT2D eigenvalue weighted by molar-refractivity contribution is 5.95. The summed E-state index contributed by atoms with van der Waals surface area (Å²) >= 11 is 0. The van der Waals surface area contributed by atoms with Crippen LogP contribution in [0.2, 0.25) is 0 Å². The smallest absolute Gasteiger partial charge is 0.251 e. The maximum absolute atomic E-state index is 12.4. The second-order valence-electron chi connectivity index (χ2n) is 8.72. The first-order valence-corrected chi connectivity index (χ1v) is 11.7. The van der Waals surface area contributed by atoms with Gasteiger partial charge in [-0.2, -0.15) is 0 Å². The van der Waals surface area contributed by atoms with E-state index in [0.717, 1.165) is 46.6 Å². The Balaban J connectivity index is 1.38. The molecule has 172 valence electrons. The summed E-state index contributed by atoms with van der Waals surface area (Å²) in [6, 6.07) is 22.0. The molecule has 35 heavy (non-hydrogen) atoms. The third kappa shape index (κ3) is 4.48. The molecule has 1 amide bonds. The van der Waals surface area contributed by atoms with Gasteiger partial charge in [0, 0.05) is 47.9 Å². The zero-order valence-electron chi connectivity index (χ0n) is 19.1. The number of hydrogen-bond donors (Lipinski definition) is 2. The summed E-state index contributed by atoms with van der Waals surface area (Å²) in [7, 11) is 0. The predicted molar refractivity (Wildman–Crippen MR) is 136 cm³/mol. The Labute approximate surface area is 202 Å². The van der Waals surface area contributed by atoms with Crippen molar-refractivity contribution in [2.75, 3.05) is 5.32 Å². The van der Waals surface area contributed by atoms with Crippen molar-refractivity contribution < 1.29 is 4.79 Å². The third-order valence-electron chi connectivity index (χ3n) is 6.10. The molecule has 0 atom stereocenters. The van der Waals surface area contributed by atoms with E-state index in [1.807, 2.05) is 85.3 Å². The summed E-state index contributed by atoms with van der Waals surface area (Å²) in [4.78, 5) is 26.2. The lowest BCUT2D eigenvalue weighted by Gasteiger charge is -2.12. The number of nitrogens with one attached hydrogen (secondary N) is 2. The topological polar surface area (TPSA) is 84.2 Å². The number of carbonyl (C=O) groups is 1. The molecule has 1 aliphatic rings. The summed E-state index contributed by atoms with van der Waals surface area (Å²) < 4.78 is 2.06. The second-order valence-corrected chi connectivity index (χ2v) is 8.72. The Morgan fingerprint density at radius 3 is 2.51 bits per heavy atom. The molecule has 1 saturated carbocycles. The molecule has 1 fully saturated rings. The van der Waals surface area contributed by atoms with Crippen molar-refractivity contribution in [2.24, 2.45) is 0 Å². The number of pyridine rings is 1. The van der Waals surface area contributed by atoms with Crippen LogP contribution in [0, 0.1) is 0 Å². The highest BCUT2D eigenvalue weighted by Gasteiger charge is 2.23. The van der Waals surface area contributed by atoms with Crippen LogP contribution in [0.3, 0.4) is 0 Å². The molecule has 7 nitrogen and oxygen atoms in total. The largest absolute Gasteiger partial charge is 0.363 e. The van der Waals surface area contributed by atoms with Gasteiger partial charge in [0.1, 0.15) is 0 Å². The highest BCUT2D eigenvalue weighted by Crippen LogP contribution is 2.28. The second kappa shape index (κ2) is 9.02. The van der Waals surface area contributed by atoms with Crippen LogP contribution in [0.25, 0.3) is 28.2 Å².